The van der Waals surface area contributed by atoms with Gasteiger partial charge in [0.1, 0.15) is 6.04 Å². The van der Waals surface area contributed by atoms with Gasteiger partial charge in [0, 0.05) is 54.6 Å². The van der Waals surface area contributed by atoms with Crippen LogP contribution >= 0.6 is 0 Å². The van der Waals surface area contributed by atoms with E-state index in [9.17, 15) is 0 Å². The molecule has 5 aromatic rings. The maximum Gasteiger partial charge on any atom is 2.00 e. The molecule has 0 N–H and O–H groups in total. The number of allylic oxidation sites excluding steroid dienone is 1. The zero-order chi connectivity index (χ0) is 32.8. The van der Waals surface area contributed by atoms with Gasteiger partial charge >= 0.3 is 17.1 Å². The van der Waals surface area contributed by atoms with Crippen molar-refractivity contribution in [1.29, 1.82) is 0 Å². The van der Waals surface area contributed by atoms with E-state index in [1.54, 1.807) is 0 Å². The molecular formula is C47H38FeN2+2. The minimum atomic E-state index is 0. The van der Waals surface area contributed by atoms with Gasteiger partial charge in [-0.3, -0.25) is 4.99 Å². The first-order valence-electron chi connectivity index (χ1n) is 17.3. The predicted molar refractivity (Wildman–Crippen MR) is 201 cm³/mol. The summed E-state index contributed by atoms with van der Waals surface area (Å²) in [5.41, 5.74) is 7.49. The van der Waals surface area contributed by atoms with Gasteiger partial charge in [0.15, 0.2) is 0 Å². The molecule has 0 spiro atoms. The van der Waals surface area contributed by atoms with Gasteiger partial charge in [-0.2, -0.15) is 0 Å². The van der Waals surface area contributed by atoms with Crippen molar-refractivity contribution in [3.05, 3.63) is 252 Å². The van der Waals surface area contributed by atoms with Crippen molar-refractivity contribution < 1.29 is 17.1 Å². The molecule has 50 heavy (non-hydrogen) atoms. The predicted octanol–water partition coefficient (Wildman–Crippen LogP) is 9.89. The van der Waals surface area contributed by atoms with Gasteiger partial charge in [0.05, 0.1) is 5.92 Å². The molecule has 5 aromatic carbocycles. The Morgan fingerprint density at radius 3 is 1.10 bits per heavy atom. The molecule has 2 aliphatic heterocycles. The first-order chi connectivity index (χ1) is 24.4. The normalized spacial score (nSPS) is 19.1. The number of hydrogen-bond acceptors (Lipinski definition) is 2. The molecule has 0 amide bonds. The number of nitrogens with zero attached hydrogens (tertiary/aromatic N) is 2. The molecule has 0 bridgehead atoms. The summed E-state index contributed by atoms with van der Waals surface area (Å²) in [6, 6.07) is 55.3. The van der Waals surface area contributed by atoms with Crippen molar-refractivity contribution in [1.82, 2.24) is 4.90 Å². The molecular weight excluding hydrogens is 648 g/mol. The molecule has 1 saturated heterocycles. The zero-order valence-electron chi connectivity index (χ0n) is 27.9. The topological polar surface area (TPSA) is 15.6 Å². The summed E-state index contributed by atoms with van der Waals surface area (Å²) in [5.74, 6) is 7.69. The third kappa shape index (κ3) is 7.04. The largest absolute Gasteiger partial charge is 2.00 e. The Hall–Kier alpha value is -4.17. The van der Waals surface area contributed by atoms with Crippen molar-refractivity contribution in [2.45, 2.75) is 12.8 Å². The van der Waals surface area contributed by atoms with Crippen molar-refractivity contribution in [3.8, 4) is 0 Å². The molecule has 2 heterocycles. The second-order valence-electron chi connectivity index (χ2n) is 12.6. The van der Waals surface area contributed by atoms with Crippen LogP contribution in [0.3, 0.4) is 0 Å². The molecule has 2 nitrogen and oxygen atoms in total. The molecule has 4 aliphatic rings. The van der Waals surface area contributed by atoms with Gasteiger partial charge in [-0.05, 0) is 66.0 Å². The molecule has 242 valence electrons. The van der Waals surface area contributed by atoms with Gasteiger partial charge in [-0.1, -0.05) is 152 Å². The Morgan fingerprint density at radius 1 is 0.420 bits per heavy atom. The van der Waals surface area contributed by atoms with Gasteiger partial charge in [-0.25, -0.2) is 0 Å². The number of benzene rings is 5. The Balaban J connectivity index is 0.000000218. The molecule has 9 rings (SSSR count). The molecule has 10 radical (unpaired) electrons. The van der Waals surface area contributed by atoms with Crippen LogP contribution in [-0.2, 0) is 17.1 Å². The molecule has 2 aliphatic carbocycles. The van der Waals surface area contributed by atoms with E-state index in [1.165, 1.54) is 95.0 Å². The Kier molecular flexibility index (Phi) is 11.1. The van der Waals surface area contributed by atoms with Gasteiger partial charge in [0.25, 0.3) is 0 Å². The van der Waals surface area contributed by atoms with E-state index in [4.69, 9.17) is 0 Å². The van der Waals surface area contributed by atoms with E-state index in [2.05, 4.69) is 187 Å². The van der Waals surface area contributed by atoms with Crippen LogP contribution in [0.15, 0.2) is 168 Å². The molecule has 2 saturated carbocycles. The number of aliphatic imine (C=N–C) groups is 1. The van der Waals surface area contributed by atoms with Crippen molar-refractivity contribution in [2.24, 2.45) is 4.99 Å². The average molecular weight is 687 g/mol. The zero-order valence-corrected chi connectivity index (χ0v) is 29.0. The number of hydrogen-bond donors (Lipinski definition) is 0. The second-order valence-corrected chi connectivity index (χ2v) is 12.6. The minimum Gasteiger partial charge on any atom is -0.374 e. The third-order valence-corrected chi connectivity index (χ3v) is 9.52. The maximum absolute atomic E-state index is 4.35. The van der Waals surface area contributed by atoms with Crippen molar-refractivity contribution in [3.63, 3.8) is 0 Å². The van der Waals surface area contributed by atoms with E-state index in [0.717, 1.165) is 6.04 Å². The molecule has 0 unspecified atom stereocenters. The van der Waals surface area contributed by atoms with Crippen LogP contribution in [0.1, 0.15) is 40.7 Å². The molecule has 3 heteroatoms. The summed E-state index contributed by atoms with van der Waals surface area (Å²) < 4.78 is 0. The van der Waals surface area contributed by atoms with E-state index >= 15 is 0 Å². The number of likely N-dealkylation sites (tertiary alicyclic amines) is 1. The van der Waals surface area contributed by atoms with Crippen LogP contribution in [0.25, 0.3) is 0 Å². The summed E-state index contributed by atoms with van der Waals surface area (Å²) in [7, 11) is 0. The Labute approximate surface area is 309 Å². The summed E-state index contributed by atoms with van der Waals surface area (Å²) in [6.07, 6.45) is 13.0. The van der Waals surface area contributed by atoms with Crippen LogP contribution < -0.4 is 0 Å². The maximum atomic E-state index is 4.35. The standard InChI is InChI=1S/C35H25.C12H13N2.Fe/c1-6-16-26(17-7-1)31-32(27-18-8-2-9-19-27)34(29-22-12-4-13-23-29)35(30-24-14-5-15-25-30)33(31)28-20-10-3-11-21-28;1-2-9-14(8-1)12-6-7-13-11-5-3-4-10(11)12;/h1-25H;3-7H,1-2,8-9H2;/q;;+2. The smallest absolute Gasteiger partial charge is 0.374 e. The summed E-state index contributed by atoms with van der Waals surface area (Å²) >= 11 is 0. The molecule has 0 aromatic heterocycles. The van der Waals surface area contributed by atoms with Gasteiger partial charge in [0.2, 0.25) is 0 Å². The van der Waals surface area contributed by atoms with Crippen LogP contribution in [-0.4, -0.2) is 24.2 Å². The number of rotatable bonds is 6. The first-order valence-corrected chi connectivity index (χ1v) is 17.3. The fraction of sp³-hybridized carbons (Fsp3) is 0.0851. The van der Waals surface area contributed by atoms with E-state index in [1.807, 2.05) is 6.21 Å². The number of dihydropyridines is 1. The van der Waals surface area contributed by atoms with Gasteiger partial charge < -0.3 is 4.90 Å². The van der Waals surface area contributed by atoms with Crippen LogP contribution in [0.5, 0.6) is 0 Å². The fourth-order valence-corrected chi connectivity index (χ4v) is 7.34. The summed E-state index contributed by atoms with van der Waals surface area (Å²) in [4.78, 5) is 6.81. The van der Waals surface area contributed by atoms with Crippen LogP contribution in [0.2, 0.25) is 0 Å². The third-order valence-electron chi connectivity index (χ3n) is 9.52. The first kappa shape index (κ1) is 34.3. The Bertz CT molecular complexity index is 1560. The fourth-order valence-electron chi connectivity index (χ4n) is 7.34. The van der Waals surface area contributed by atoms with Crippen molar-refractivity contribution in [2.75, 3.05) is 13.1 Å². The molecule has 3 fully saturated rings. The van der Waals surface area contributed by atoms with E-state index in [-0.39, 0.29) is 17.1 Å². The van der Waals surface area contributed by atoms with Crippen LogP contribution in [0.4, 0.5) is 0 Å². The monoisotopic (exact) mass is 686 g/mol. The van der Waals surface area contributed by atoms with E-state index in [0.29, 0.717) is 0 Å². The van der Waals surface area contributed by atoms with Crippen molar-refractivity contribution >= 4 is 6.21 Å². The number of fused-ring (bicyclic) bond motifs is 1. The second kappa shape index (κ2) is 16.2. The average Bonchev–Trinajstić information content (AvgIpc) is 3.97. The Morgan fingerprint density at radius 2 is 0.760 bits per heavy atom. The summed E-state index contributed by atoms with van der Waals surface area (Å²) in [6.45, 7) is 2.40. The quantitative estimate of drug-likeness (QED) is 0.163. The molecule has 0 atom stereocenters. The SMILES string of the molecule is [CH]1[CH][C]2N=CC=C(N3CCCC3)[C]2[CH]1.[Fe+2].c1ccc([C]2[C](c3ccccc3)[C](c3ccccc3)[C](c3ccccc3)[C]2c2ccccc2)cc1. The van der Waals surface area contributed by atoms with Crippen LogP contribution in [0, 0.1) is 60.8 Å². The van der Waals surface area contributed by atoms with Gasteiger partial charge in [-0.15, -0.1) is 0 Å². The summed E-state index contributed by atoms with van der Waals surface area (Å²) in [5, 5.41) is 0. The minimum absolute atomic E-state index is 0. The van der Waals surface area contributed by atoms with E-state index < -0.39 is 0 Å².